The molecule has 0 radical (unpaired) electrons. The van der Waals surface area contributed by atoms with Crippen LogP contribution in [-0.2, 0) is 11.2 Å². The quantitative estimate of drug-likeness (QED) is 0.739. The molecule has 3 rings (SSSR count). The van der Waals surface area contributed by atoms with Crippen LogP contribution in [0, 0.1) is 5.92 Å². The van der Waals surface area contributed by atoms with Gasteiger partial charge in [0.2, 0.25) is 5.91 Å². The molecule has 0 spiro atoms. The number of aryl methyl sites for hydroxylation is 1. The summed E-state index contributed by atoms with van der Waals surface area (Å²) in [5, 5.41) is 3.62. The number of hydrogen-bond acceptors (Lipinski definition) is 3. The Bertz CT molecular complexity index is 559. The van der Waals surface area contributed by atoms with E-state index >= 15 is 0 Å². The average Bonchev–Trinajstić information content (AvgIpc) is 3.43. The number of amides is 1. The van der Waals surface area contributed by atoms with Crippen molar-refractivity contribution in [3.05, 3.63) is 29.8 Å². The minimum absolute atomic E-state index is 0. The third kappa shape index (κ3) is 6.72. The molecule has 146 valence electrons. The fourth-order valence-corrected chi connectivity index (χ4v) is 3.24. The first-order chi connectivity index (χ1) is 12.1. The van der Waals surface area contributed by atoms with E-state index in [0.29, 0.717) is 18.9 Å². The van der Waals surface area contributed by atoms with Gasteiger partial charge in [0.1, 0.15) is 5.75 Å². The highest BCUT2D eigenvalue weighted by Crippen LogP contribution is 2.28. The summed E-state index contributed by atoms with van der Waals surface area (Å²) >= 11 is 0. The van der Waals surface area contributed by atoms with Crippen LogP contribution < -0.4 is 10.1 Å². The highest BCUT2D eigenvalue weighted by atomic mass is 35.5. The van der Waals surface area contributed by atoms with Crippen LogP contribution in [0.25, 0.3) is 0 Å². The maximum atomic E-state index is 12.3. The van der Waals surface area contributed by atoms with Crippen LogP contribution in [0.5, 0.6) is 5.75 Å². The number of nitrogens with one attached hydrogen (secondary N) is 1. The lowest BCUT2D eigenvalue weighted by atomic mass is 10.0. The highest BCUT2D eigenvalue weighted by molar-refractivity contribution is 5.85. The summed E-state index contributed by atoms with van der Waals surface area (Å²) in [4.78, 5) is 14.3. The number of benzene rings is 1. The van der Waals surface area contributed by atoms with Gasteiger partial charge in [0.15, 0.2) is 0 Å². The number of alkyl halides is 2. The van der Waals surface area contributed by atoms with E-state index in [9.17, 15) is 13.6 Å². The predicted octanol–water partition coefficient (Wildman–Crippen LogP) is 3.63. The first-order valence-electron chi connectivity index (χ1n) is 9.15. The maximum absolute atomic E-state index is 12.3. The van der Waals surface area contributed by atoms with Gasteiger partial charge in [-0.1, -0.05) is 12.1 Å². The smallest absolute Gasteiger partial charge is 0.387 e. The van der Waals surface area contributed by atoms with Gasteiger partial charge in [-0.25, -0.2) is 0 Å². The summed E-state index contributed by atoms with van der Waals surface area (Å²) in [5.74, 6) is 1.21. The van der Waals surface area contributed by atoms with Gasteiger partial charge in [0.05, 0.1) is 0 Å². The molecule has 1 aromatic carbocycles. The molecule has 7 heteroatoms. The Morgan fingerprint density at radius 3 is 2.38 bits per heavy atom. The van der Waals surface area contributed by atoms with Crippen molar-refractivity contribution in [1.82, 2.24) is 10.2 Å². The van der Waals surface area contributed by atoms with E-state index in [4.69, 9.17) is 0 Å². The second kappa shape index (κ2) is 10.1. The van der Waals surface area contributed by atoms with Crippen LogP contribution in [0.4, 0.5) is 8.78 Å². The Labute approximate surface area is 159 Å². The molecule has 26 heavy (non-hydrogen) atoms. The van der Waals surface area contributed by atoms with Gasteiger partial charge < -0.3 is 15.0 Å². The van der Waals surface area contributed by atoms with Crippen LogP contribution in [0.3, 0.4) is 0 Å². The SMILES string of the molecule is Cl.O=C(CCc1ccc(OC(F)F)cc1)N1CCC(NCC2CC2)CC1. The zero-order chi connectivity index (χ0) is 17.6. The summed E-state index contributed by atoms with van der Waals surface area (Å²) in [5.41, 5.74) is 0.955. The van der Waals surface area contributed by atoms with Gasteiger partial charge in [0.25, 0.3) is 0 Å². The van der Waals surface area contributed by atoms with Crippen LogP contribution in [0.15, 0.2) is 24.3 Å². The van der Waals surface area contributed by atoms with Crippen LogP contribution in [-0.4, -0.2) is 43.1 Å². The number of likely N-dealkylation sites (tertiary alicyclic amines) is 1. The molecule has 1 aromatic rings. The molecule has 2 fully saturated rings. The van der Waals surface area contributed by atoms with Gasteiger partial charge in [0, 0.05) is 25.6 Å². The van der Waals surface area contributed by atoms with Crippen molar-refractivity contribution in [3.63, 3.8) is 0 Å². The third-order valence-corrected chi connectivity index (χ3v) is 5.02. The summed E-state index contributed by atoms with van der Waals surface area (Å²) in [7, 11) is 0. The number of rotatable bonds is 8. The van der Waals surface area contributed by atoms with E-state index in [1.807, 2.05) is 4.90 Å². The van der Waals surface area contributed by atoms with E-state index in [-0.39, 0.29) is 24.1 Å². The zero-order valence-electron chi connectivity index (χ0n) is 14.8. The maximum Gasteiger partial charge on any atom is 0.387 e. The summed E-state index contributed by atoms with van der Waals surface area (Å²) in [6, 6.07) is 7.05. The molecular formula is C19H27ClF2N2O2. The van der Waals surface area contributed by atoms with Crippen molar-refractivity contribution in [2.45, 2.75) is 51.2 Å². The molecule has 1 aliphatic carbocycles. The molecule has 1 N–H and O–H groups in total. The average molecular weight is 389 g/mol. The van der Waals surface area contributed by atoms with Crippen molar-refractivity contribution >= 4 is 18.3 Å². The second-order valence-corrected chi connectivity index (χ2v) is 7.03. The minimum atomic E-state index is -2.81. The number of hydrogen-bond donors (Lipinski definition) is 1. The van der Waals surface area contributed by atoms with E-state index in [2.05, 4.69) is 10.1 Å². The van der Waals surface area contributed by atoms with Gasteiger partial charge in [-0.2, -0.15) is 8.78 Å². The van der Waals surface area contributed by atoms with E-state index < -0.39 is 6.61 Å². The second-order valence-electron chi connectivity index (χ2n) is 7.03. The molecule has 1 heterocycles. The lowest BCUT2D eigenvalue weighted by Gasteiger charge is -2.32. The van der Waals surface area contributed by atoms with Crippen molar-refractivity contribution in [2.24, 2.45) is 5.92 Å². The zero-order valence-corrected chi connectivity index (χ0v) is 15.6. The van der Waals surface area contributed by atoms with Gasteiger partial charge in [-0.15, -0.1) is 12.4 Å². The van der Waals surface area contributed by atoms with Crippen LogP contribution >= 0.6 is 12.4 Å². The minimum Gasteiger partial charge on any atom is -0.435 e. The lowest BCUT2D eigenvalue weighted by molar-refractivity contribution is -0.132. The third-order valence-electron chi connectivity index (χ3n) is 5.02. The van der Waals surface area contributed by atoms with E-state index in [1.165, 1.54) is 25.0 Å². The molecule has 2 aliphatic rings. The molecule has 0 aromatic heterocycles. The Morgan fingerprint density at radius 1 is 1.15 bits per heavy atom. The largest absolute Gasteiger partial charge is 0.435 e. The summed E-state index contributed by atoms with van der Waals surface area (Å²) in [6.45, 7) is -0.0386. The van der Waals surface area contributed by atoms with Crippen molar-refractivity contribution < 1.29 is 18.3 Å². The molecule has 1 aliphatic heterocycles. The highest BCUT2D eigenvalue weighted by Gasteiger charge is 2.25. The molecular weight excluding hydrogens is 362 g/mol. The van der Waals surface area contributed by atoms with Gasteiger partial charge in [-0.05, 0) is 62.3 Å². The topological polar surface area (TPSA) is 41.6 Å². The number of nitrogens with zero attached hydrogens (tertiary/aromatic N) is 1. The predicted molar refractivity (Wildman–Crippen MR) is 99.0 cm³/mol. The normalized spacial score (nSPS) is 17.9. The van der Waals surface area contributed by atoms with Crippen molar-refractivity contribution in [3.8, 4) is 5.75 Å². The Kier molecular flexibility index (Phi) is 8.10. The monoisotopic (exact) mass is 388 g/mol. The summed E-state index contributed by atoms with van der Waals surface area (Å²) in [6.07, 6.45) is 5.85. The van der Waals surface area contributed by atoms with E-state index in [0.717, 1.165) is 44.0 Å². The van der Waals surface area contributed by atoms with Crippen molar-refractivity contribution in [1.29, 1.82) is 0 Å². The van der Waals surface area contributed by atoms with Crippen LogP contribution in [0.1, 0.15) is 37.7 Å². The number of piperidine rings is 1. The van der Waals surface area contributed by atoms with E-state index in [1.54, 1.807) is 12.1 Å². The Morgan fingerprint density at radius 2 is 1.81 bits per heavy atom. The van der Waals surface area contributed by atoms with Gasteiger partial charge in [-0.3, -0.25) is 4.79 Å². The standard InChI is InChI=1S/C19H26F2N2O2.ClH/c20-19(21)25-17-6-3-14(4-7-17)5-8-18(24)23-11-9-16(10-12-23)22-13-15-1-2-15;/h3-4,6-7,15-16,19,22H,1-2,5,8-13H2;1H. The molecule has 0 unspecified atom stereocenters. The molecule has 4 nitrogen and oxygen atoms in total. The fraction of sp³-hybridized carbons (Fsp3) is 0.632. The molecule has 1 amide bonds. The number of carbonyl (C=O) groups excluding carboxylic acids is 1. The lowest BCUT2D eigenvalue weighted by Crippen LogP contribution is -2.45. The molecule has 1 saturated carbocycles. The fourth-order valence-electron chi connectivity index (χ4n) is 3.24. The molecule has 0 atom stereocenters. The number of ether oxygens (including phenoxy) is 1. The number of carbonyl (C=O) groups is 1. The van der Waals surface area contributed by atoms with Crippen LogP contribution in [0.2, 0.25) is 0 Å². The first-order valence-corrected chi connectivity index (χ1v) is 9.15. The van der Waals surface area contributed by atoms with Gasteiger partial charge >= 0.3 is 6.61 Å². The Hall–Kier alpha value is -1.40. The first kappa shape index (κ1) is 20.9. The summed E-state index contributed by atoms with van der Waals surface area (Å²) < 4.78 is 28.6. The molecule has 1 saturated heterocycles. The van der Waals surface area contributed by atoms with Crippen molar-refractivity contribution in [2.75, 3.05) is 19.6 Å². The molecule has 0 bridgehead atoms. The Balaban J connectivity index is 0.00000243. The number of halogens is 3.